The topological polar surface area (TPSA) is 95.9 Å². The second-order valence-electron chi connectivity index (χ2n) is 4.43. The second kappa shape index (κ2) is 5.68. The number of carboxylic acids is 1. The molecule has 0 aromatic heterocycles. The van der Waals surface area contributed by atoms with Gasteiger partial charge >= 0.3 is 16.2 Å². The van der Waals surface area contributed by atoms with E-state index in [0.29, 0.717) is 13.1 Å². The number of hydrogen-bond donors (Lipinski definition) is 2. The number of hydrogen-bond acceptors (Lipinski definition) is 4. The molecule has 0 bridgehead atoms. The summed E-state index contributed by atoms with van der Waals surface area (Å²) in [7, 11) is -2.26. The fourth-order valence-electron chi connectivity index (χ4n) is 2.07. The van der Waals surface area contributed by atoms with E-state index in [-0.39, 0.29) is 17.0 Å². The second-order valence-corrected chi connectivity index (χ2v) is 6.10. The van der Waals surface area contributed by atoms with E-state index in [9.17, 15) is 13.2 Å². The maximum atomic E-state index is 12.1. The molecule has 1 aliphatic heterocycles. The molecular formula is C12H16N2O5S. The van der Waals surface area contributed by atoms with Crippen molar-refractivity contribution in [2.45, 2.75) is 12.8 Å². The van der Waals surface area contributed by atoms with Crippen molar-refractivity contribution in [2.75, 3.05) is 24.9 Å². The number of benzene rings is 1. The number of aromatic carboxylic acids is 1. The Morgan fingerprint density at radius 3 is 2.55 bits per heavy atom. The van der Waals surface area contributed by atoms with E-state index in [4.69, 9.17) is 9.84 Å². The van der Waals surface area contributed by atoms with Crippen molar-refractivity contribution >= 4 is 21.9 Å². The molecule has 20 heavy (non-hydrogen) atoms. The van der Waals surface area contributed by atoms with Crippen LogP contribution in [0.5, 0.6) is 5.75 Å². The molecule has 0 amide bonds. The van der Waals surface area contributed by atoms with Gasteiger partial charge in [-0.3, -0.25) is 4.72 Å². The van der Waals surface area contributed by atoms with Crippen LogP contribution in [0.1, 0.15) is 23.2 Å². The van der Waals surface area contributed by atoms with Crippen LogP contribution < -0.4 is 9.46 Å². The smallest absolute Gasteiger partial charge is 0.339 e. The van der Waals surface area contributed by atoms with Crippen molar-refractivity contribution in [1.82, 2.24) is 4.31 Å². The van der Waals surface area contributed by atoms with E-state index in [0.717, 1.165) is 12.8 Å². The van der Waals surface area contributed by atoms with Crippen LogP contribution in [0.3, 0.4) is 0 Å². The number of anilines is 1. The number of carboxylic acid groups (broad SMARTS) is 1. The van der Waals surface area contributed by atoms with Gasteiger partial charge in [-0.1, -0.05) is 0 Å². The van der Waals surface area contributed by atoms with Gasteiger partial charge in [-0.05, 0) is 25.0 Å². The lowest BCUT2D eigenvalue weighted by atomic mass is 10.2. The predicted molar refractivity (Wildman–Crippen MR) is 73.3 cm³/mol. The highest BCUT2D eigenvalue weighted by Crippen LogP contribution is 2.25. The molecule has 110 valence electrons. The molecular weight excluding hydrogens is 284 g/mol. The highest BCUT2D eigenvalue weighted by atomic mass is 32.2. The van der Waals surface area contributed by atoms with Gasteiger partial charge in [0.2, 0.25) is 0 Å². The Kier molecular flexibility index (Phi) is 4.15. The molecule has 7 nitrogen and oxygen atoms in total. The van der Waals surface area contributed by atoms with Crippen LogP contribution in [0, 0.1) is 0 Å². The van der Waals surface area contributed by atoms with Crippen LogP contribution in [0.25, 0.3) is 0 Å². The number of carbonyl (C=O) groups is 1. The zero-order valence-corrected chi connectivity index (χ0v) is 11.8. The molecule has 2 N–H and O–H groups in total. The van der Waals surface area contributed by atoms with Gasteiger partial charge in [0.05, 0.1) is 12.8 Å². The molecule has 0 unspecified atom stereocenters. The molecule has 1 aromatic carbocycles. The lowest BCUT2D eigenvalue weighted by molar-refractivity contribution is 0.0693. The van der Waals surface area contributed by atoms with Gasteiger partial charge in [0.15, 0.2) is 0 Å². The minimum atomic E-state index is -3.59. The number of ether oxygens (including phenoxy) is 1. The quantitative estimate of drug-likeness (QED) is 0.850. The summed E-state index contributed by atoms with van der Waals surface area (Å²) >= 11 is 0. The Morgan fingerprint density at radius 1 is 1.35 bits per heavy atom. The van der Waals surface area contributed by atoms with E-state index >= 15 is 0 Å². The fraction of sp³-hybridized carbons (Fsp3) is 0.417. The minimum Gasteiger partial charge on any atom is -0.496 e. The summed E-state index contributed by atoms with van der Waals surface area (Å²) in [4.78, 5) is 11.0. The maximum Gasteiger partial charge on any atom is 0.339 e. The molecule has 0 aliphatic carbocycles. The molecule has 1 heterocycles. The molecule has 1 aliphatic rings. The normalized spacial score (nSPS) is 16.1. The van der Waals surface area contributed by atoms with Gasteiger partial charge in [-0.2, -0.15) is 12.7 Å². The van der Waals surface area contributed by atoms with E-state index in [2.05, 4.69) is 4.72 Å². The van der Waals surface area contributed by atoms with Gasteiger partial charge in [-0.15, -0.1) is 0 Å². The van der Waals surface area contributed by atoms with E-state index < -0.39 is 16.2 Å². The molecule has 0 atom stereocenters. The summed E-state index contributed by atoms with van der Waals surface area (Å²) in [5.74, 6) is -1.02. The Labute approximate surface area is 117 Å². The first kappa shape index (κ1) is 14.6. The van der Waals surface area contributed by atoms with Crippen LogP contribution in [0.2, 0.25) is 0 Å². The van der Waals surface area contributed by atoms with Crippen LogP contribution in [0.4, 0.5) is 5.69 Å². The molecule has 0 radical (unpaired) electrons. The van der Waals surface area contributed by atoms with E-state index in [1.165, 1.54) is 29.6 Å². The van der Waals surface area contributed by atoms with Crippen molar-refractivity contribution in [2.24, 2.45) is 0 Å². The van der Waals surface area contributed by atoms with Gasteiger partial charge < -0.3 is 9.84 Å². The predicted octanol–water partition coefficient (Wildman–Crippen LogP) is 1.15. The minimum absolute atomic E-state index is 0.0170. The lowest BCUT2D eigenvalue weighted by Crippen LogP contribution is -2.33. The molecule has 8 heteroatoms. The zero-order chi connectivity index (χ0) is 14.8. The molecule has 2 rings (SSSR count). The third-order valence-electron chi connectivity index (χ3n) is 3.08. The third-order valence-corrected chi connectivity index (χ3v) is 4.62. The van der Waals surface area contributed by atoms with Crippen LogP contribution in [-0.4, -0.2) is 44.0 Å². The van der Waals surface area contributed by atoms with Crippen molar-refractivity contribution in [3.8, 4) is 5.75 Å². The standard InChI is InChI=1S/C12H16N2O5S/c1-19-11-8-9(4-5-10(11)12(15)16)13-20(17,18)14-6-2-3-7-14/h4-5,8,13H,2-3,6-7H2,1H3,(H,15,16). The van der Waals surface area contributed by atoms with Gasteiger partial charge in [0.25, 0.3) is 0 Å². The number of methoxy groups -OCH3 is 1. The van der Waals surface area contributed by atoms with Gasteiger partial charge in [0, 0.05) is 19.2 Å². The molecule has 1 fully saturated rings. The van der Waals surface area contributed by atoms with Crippen molar-refractivity contribution in [3.05, 3.63) is 23.8 Å². The fourth-order valence-corrected chi connectivity index (χ4v) is 3.37. The third kappa shape index (κ3) is 3.02. The first-order valence-electron chi connectivity index (χ1n) is 6.13. The Morgan fingerprint density at radius 2 is 2.00 bits per heavy atom. The van der Waals surface area contributed by atoms with Crippen molar-refractivity contribution in [1.29, 1.82) is 0 Å². The van der Waals surface area contributed by atoms with Crippen LogP contribution in [-0.2, 0) is 10.2 Å². The molecule has 1 aromatic rings. The van der Waals surface area contributed by atoms with Crippen LogP contribution >= 0.6 is 0 Å². The Bertz CT molecular complexity index is 608. The molecule has 0 saturated carbocycles. The highest BCUT2D eigenvalue weighted by molar-refractivity contribution is 7.90. The van der Waals surface area contributed by atoms with Gasteiger partial charge in [0.1, 0.15) is 11.3 Å². The summed E-state index contributed by atoms with van der Waals surface area (Å²) in [6, 6.07) is 4.07. The summed E-state index contributed by atoms with van der Waals surface area (Å²) in [6.07, 6.45) is 1.70. The monoisotopic (exact) mass is 300 g/mol. The average Bonchev–Trinajstić information content (AvgIpc) is 2.92. The summed E-state index contributed by atoms with van der Waals surface area (Å²) in [5.41, 5.74) is 0.260. The SMILES string of the molecule is COc1cc(NS(=O)(=O)N2CCCC2)ccc1C(=O)O. The first-order chi connectivity index (χ1) is 9.44. The van der Waals surface area contributed by atoms with E-state index in [1.807, 2.05) is 0 Å². The highest BCUT2D eigenvalue weighted by Gasteiger charge is 2.25. The number of nitrogens with zero attached hydrogens (tertiary/aromatic N) is 1. The molecule has 0 spiro atoms. The maximum absolute atomic E-state index is 12.1. The average molecular weight is 300 g/mol. The lowest BCUT2D eigenvalue weighted by Gasteiger charge is -2.17. The Balaban J connectivity index is 2.23. The summed E-state index contributed by atoms with van der Waals surface area (Å²) in [5, 5.41) is 8.97. The van der Waals surface area contributed by atoms with Crippen molar-refractivity contribution in [3.63, 3.8) is 0 Å². The summed E-state index contributed by atoms with van der Waals surface area (Å²) in [6.45, 7) is 0.999. The van der Waals surface area contributed by atoms with E-state index in [1.54, 1.807) is 0 Å². The first-order valence-corrected chi connectivity index (χ1v) is 7.57. The van der Waals surface area contributed by atoms with Crippen molar-refractivity contribution < 1.29 is 23.1 Å². The van der Waals surface area contributed by atoms with Gasteiger partial charge in [-0.25, -0.2) is 4.79 Å². The van der Waals surface area contributed by atoms with Crippen LogP contribution in [0.15, 0.2) is 18.2 Å². The number of nitrogens with one attached hydrogen (secondary N) is 1. The Hall–Kier alpha value is -1.80. The largest absolute Gasteiger partial charge is 0.496 e. The number of rotatable bonds is 5. The zero-order valence-electron chi connectivity index (χ0n) is 11.0. The molecule has 1 saturated heterocycles. The summed E-state index contributed by atoms with van der Waals surface area (Å²) < 4.78 is 32.9.